The molecule has 0 bridgehead atoms. The van der Waals surface area contributed by atoms with Gasteiger partial charge in [-0.3, -0.25) is 0 Å². The fourth-order valence-electron chi connectivity index (χ4n) is 1.78. The summed E-state index contributed by atoms with van der Waals surface area (Å²) in [7, 11) is 0. The second kappa shape index (κ2) is 3.36. The third-order valence-electron chi connectivity index (χ3n) is 2.70. The average Bonchev–Trinajstić information content (AvgIpc) is 1.86. The van der Waals surface area contributed by atoms with E-state index >= 15 is 0 Å². The van der Waals surface area contributed by atoms with E-state index in [4.69, 9.17) is 0 Å². The van der Waals surface area contributed by atoms with E-state index in [2.05, 4.69) is 26.5 Å². The summed E-state index contributed by atoms with van der Waals surface area (Å²) in [6, 6.07) is 0. The predicted octanol–water partition coefficient (Wildman–Crippen LogP) is 2.25. The van der Waals surface area contributed by atoms with E-state index in [0.29, 0.717) is 5.92 Å². The fourth-order valence-corrected chi connectivity index (χ4v) is 2.04. The summed E-state index contributed by atoms with van der Waals surface area (Å²) in [6.07, 6.45) is 4.17. The summed E-state index contributed by atoms with van der Waals surface area (Å²) in [6.45, 7) is 4.33. The number of hydrogen-bond acceptors (Lipinski definition) is 2. The minimum Gasteiger partial charge on any atom is -0.393 e. The van der Waals surface area contributed by atoms with E-state index in [-0.39, 0.29) is 10.9 Å². The highest BCUT2D eigenvalue weighted by molar-refractivity contribution is 7.81. The molecule has 1 rings (SSSR count). The summed E-state index contributed by atoms with van der Waals surface area (Å²) < 4.78 is 0.139. The van der Waals surface area contributed by atoms with Crippen molar-refractivity contribution < 1.29 is 5.11 Å². The predicted molar refractivity (Wildman–Crippen MR) is 51.0 cm³/mol. The normalized spacial score (nSPS) is 33.8. The van der Waals surface area contributed by atoms with Crippen LogP contribution in [0.2, 0.25) is 0 Å². The molecule has 0 unspecified atom stereocenters. The maximum atomic E-state index is 9.27. The van der Waals surface area contributed by atoms with Gasteiger partial charge in [-0.1, -0.05) is 13.8 Å². The minimum absolute atomic E-state index is 0.0399. The molecule has 1 fully saturated rings. The Bertz CT molecular complexity index is 120. The molecule has 0 radical (unpaired) electrons. The largest absolute Gasteiger partial charge is 0.393 e. The third-order valence-corrected chi connectivity index (χ3v) is 3.06. The molecule has 1 aliphatic rings. The van der Waals surface area contributed by atoms with E-state index in [9.17, 15) is 5.11 Å². The first kappa shape index (κ1) is 9.40. The molecule has 1 nitrogen and oxygen atoms in total. The first-order valence-electron chi connectivity index (χ1n) is 4.40. The summed E-state index contributed by atoms with van der Waals surface area (Å²) in [5.41, 5.74) is 0. The molecule has 1 N–H and O–H groups in total. The first-order chi connectivity index (χ1) is 5.00. The number of aliphatic hydroxyl groups is 1. The molecule has 0 spiro atoms. The molecule has 0 aromatic carbocycles. The van der Waals surface area contributed by atoms with Crippen molar-refractivity contribution >= 4 is 12.6 Å². The lowest BCUT2D eigenvalue weighted by Gasteiger charge is -2.34. The molecule has 0 atom stereocenters. The minimum atomic E-state index is -0.0399. The summed E-state index contributed by atoms with van der Waals surface area (Å²) in [5.74, 6) is 0.689. The van der Waals surface area contributed by atoms with E-state index in [1.54, 1.807) is 0 Å². The van der Waals surface area contributed by atoms with Gasteiger partial charge in [0.1, 0.15) is 0 Å². The van der Waals surface area contributed by atoms with Crippen LogP contribution in [-0.2, 0) is 0 Å². The van der Waals surface area contributed by atoms with Crippen molar-refractivity contribution in [3.63, 3.8) is 0 Å². The number of thiol groups is 1. The van der Waals surface area contributed by atoms with Gasteiger partial charge in [0.05, 0.1) is 6.10 Å². The SMILES string of the molecule is CC(C)(S)C1CCC(O)CC1. The van der Waals surface area contributed by atoms with Crippen LogP contribution in [0, 0.1) is 5.92 Å². The molecule has 1 saturated carbocycles. The molecule has 0 amide bonds. The maximum Gasteiger partial charge on any atom is 0.0540 e. The van der Waals surface area contributed by atoms with Crippen LogP contribution in [0.25, 0.3) is 0 Å². The monoisotopic (exact) mass is 174 g/mol. The quantitative estimate of drug-likeness (QED) is 0.584. The van der Waals surface area contributed by atoms with Gasteiger partial charge in [-0.25, -0.2) is 0 Å². The zero-order chi connectivity index (χ0) is 8.48. The van der Waals surface area contributed by atoms with Crippen molar-refractivity contribution in [3.05, 3.63) is 0 Å². The van der Waals surface area contributed by atoms with Crippen molar-refractivity contribution in [1.82, 2.24) is 0 Å². The van der Waals surface area contributed by atoms with Gasteiger partial charge >= 0.3 is 0 Å². The van der Waals surface area contributed by atoms with E-state index in [1.165, 1.54) is 0 Å². The third kappa shape index (κ3) is 2.68. The van der Waals surface area contributed by atoms with Crippen molar-refractivity contribution in [2.45, 2.75) is 50.4 Å². The van der Waals surface area contributed by atoms with Gasteiger partial charge in [-0.05, 0) is 31.6 Å². The summed E-state index contributed by atoms with van der Waals surface area (Å²) in [4.78, 5) is 0. The molecule has 0 aromatic rings. The second-order valence-corrected chi connectivity index (χ2v) is 5.31. The Morgan fingerprint density at radius 2 is 1.64 bits per heavy atom. The Morgan fingerprint density at radius 3 is 2.00 bits per heavy atom. The van der Waals surface area contributed by atoms with Crippen LogP contribution < -0.4 is 0 Å². The topological polar surface area (TPSA) is 20.2 Å². The van der Waals surface area contributed by atoms with Crippen LogP contribution in [0.15, 0.2) is 0 Å². The smallest absolute Gasteiger partial charge is 0.0540 e. The average molecular weight is 174 g/mol. The van der Waals surface area contributed by atoms with Gasteiger partial charge in [0, 0.05) is 4.75 Å². The fraction of sp³-hybridized carbons (Fsp3) is 1.00. The van der Waals surface area contributed by atoms with Crippen molar-refractivity contribution in [1.29, 1.82) is 0 Å². The Kier molecular flexibility index (Phi) is 2.87. The molecule has 0 heterocycles. The Morgan fingerprint density at radius 1 is 1.18 bits per heavy atom. The van der Waals surface area contributed by atoms with Gasteiger partial charge in [-0.2, -0.15) is 12.6 Å². The zero-order valence-corrected chi connectivity index (χ0v) is 8.27. The second-order valence-electron chi connectivity index (χ2n) is 4.16. The van der Waals surface area contributed by atoms with Crippen molar-refractivity contribution in [3.8, 4) is 0 Å². The molecule has 0 saturated heterocycles. The van der Waals surface area contributed by atoms with Crippen LogP contribution in [0.3, 0.4) is 0 Å². The van der Waals surface area contributed by atoms with Crippen LogP contribution in [-0.4, -0.2) is 16.0 Å². The van der Waals surface area contributed by atoms with E-state index in [1.807, 2.05) is 0 Å². The molecule has 0 aromatic heterocycles. The Balaban J connectivity index is 2.39. The van der Waals surface area contributed by atoms with E-state index < -0.39 is 0 Å². The summed E-state index contributed by atoms with van der Waals surface area (Å²) >= 11 is 4.55. The molecule has 1 aliphatic carbocycles. The van der Waals surface area contributed by atoms with Gasteiger partial charge in [-0.15, -0.1) is 0 Å². The lowest BCUT2D eigenvalue weighted by molar-refractivity contribution is 0.101. The lowest BCUT2D eigenvalue weighted by Crippen LogP contribution is -2.30. The first-order valence-corrected chi connectivity index (χ1v) is 4.85. The van der Waals surface area contributed by atoms with Gasteiger partial charge < -0.3 is 5.11 Å². The zero-order valence-electron chi connectivity index (χ0n) is 7.38. The highest BCUT2D eigenvalue weighted by Gasteiger charge is 2.29. The van der Waals surface area contributed by atoms with Crippen LogP contribution in [0.4, 0.5) is 0 Å². The Hall–Kier alpha value is 0.310. The van der Waals surface area contributed by atoms with Gasteiger partial charge in [0.2, 0.25) is 0 Å². The van der Waals surface area contributed by atoms with Crippen molar-refractivity contribution in [2.75, 3.05) is 0 Å². The highest BCUT2D eigenvalue weighted by Crippen LogP contribution is 2.35. The van der Waals surface area contributed by atoms with Crippen molar-refractivity contribution in [2.24, 2.45) is 5.92 Å². The number of aliphatic hydroxyl groups excluding tert-OH is 1. The molecule has 66 valence electrons. The molecule has 0 aliphatic heterocycles. The van der Waals surface area contributed by atoms with Gasteiger partial charge in [0.25, 0.3) is 0 Å². The number of rotatable bonds is 1. The molecule has 11 heavy (non-hydrogen) atoms. The highest BCUT2D eigenvalue weighted by atomic mass is 32.1. The maximum absolute atomic E-state index is 9.27. The summed E-state index contributed by atoms with van der Waals surface area (Å²) in [5, 5.41) is 9.27. The Labute approximate surface area is 74.6 Å². The van der Waals surface area contributed by atoms with Gasteiger partial charge in [0.15, 0.2) is 0 Å². The van der Waals surface area contributed by atoms with Crippen LogP contribution >= 0.6 is 12.6 Å². The number of hydrogen-bond donors (Lipinski definition) is 2. The molecular weight excluding hydrogens is 156 g/mol. The lowest BCUT2D eigenvalue weighted by atomic mass is 9.80. The standard InChI is InChI=1S/C9H18OS/c1-9(2,11)7-3-5-8(10)6-4-7/h7-8,10-11H,3-6H2,1-2H3. The molecular formula is C9H18OS. The van der Waals surface area contributed by atoms with Crippen LogP contribution in [0.1, 0.15) is 39.5 Å². The van der Waals surface area contributed by atoms with Crippen LogP contribution in [0.5, 0.6) is 0 Å². The molecule has 2 heteroatoms. The van der Waals surface area contributed by atoms with E-state index in [0.717, 1.165) is 25.7 Å².